The molecule has 1 aromatic rings. The zero-order valence-corrected chi connectivity index (χ0v) is 10.5. The second-order valence-corrected chi connectivity index (χ2v) is 3.36. The zero-order valence-electron chi connectivity index (χ0n) is 10.5. The summed E-state index contributed by atoms with van der Waals surface area (Å²) in [6.07, 6.45) is 1.48. The highest BCUT2D eigenvalue weighted by Gasteiger charge is 2.11. The zero-order chi connectivity index (χ0) is 13.4. The van der Waals surface area contributed by atoms with Crippen molar-refractivity contribution in [1.29, 1.82) is 5.26 Å². The molecule has 0 unspecified atom stereocenters. The lowest BCUT2D eigenvalue weighted by atomic mass is 10.1. The van der Waals surface area contributed by atoms with Gasteiger partial charge in [0.05, 0.1) is 13.2 Å². The molecule has 0 saturated carbocycles. The van der Waals surface area contributed by atoms with Crippen LogP contribution in [0.4, 0.5) is 0 Å². The summed E-state index contributed by atoms with van der Waals surface area (Å²) in [6, 6.07) is 9.05. The summed E-state index contributed by atoms with van der Waals surface area (Å²) in [5.74, 6) is 0.0170. The number of carbonyl (C=O) groups is 1. The Morgan fingerprint density at radius 1 is 1.33 bits per heavy atom. The number of nitriles is 1. The van der Waals surface area contributed by atoms with Crippen LogP contribution in [-0.2, 0) is 9.53 Å². The molecule has 0 aliphatic rings. The van der Waals surface area contributed by atoms with Crippen LogP contribution in [-0.4, -0.2) is 19.2 Å². The number of hydrogen-bond donors (Lipinski definition) is 0. The maximum Gasteiger partial charge on any atom is 0.348 e. The smallest absolute Gasteiger partial charge is 0.348 e. The SMILES string of the molecule is CCOC(=O)C(C#N)=Cc1ccccc1OCC. The summed E-state index contributed by atoms with van der Waals surface area (Å²) in [5, 5.41) is 8.95. The summed E-state index contributed by atoms with van der Waals surface area (Å²) in [7, 11) is 0. The summed E-state index contributed by atoms with van der Waals surface area (Å²) in [4.78, 5) is 11.5. The minimum absolute atomic E-state index is 0.0380. The number of esters is 1. The molecular formula is C14H15NO3. The Balaban J connectivity index is 3.06. The molecule has 0 bridgehead atoms. The van der Waals surface area contributed by atoms with Crippen LogP contribution in [0.15, 0.2) is 29.8 Å². The van der Waals surface area contributed by atoms with Crippen LogP contribution in [0.5, 0.6) is 5.75 Å². The highest BCUT2D eigenvalue weighted by Crippen LogP contribution is 2.21. The first kappa shape index (κ1) is 13.8. The number of rotatable bonds is 5. The second-order valence-electron chi connectivity index (χ2n) is 3.36. The third-order valence-electron chi connectivity index (χ3n) is 2.13. The Bertz CT molecular complexity index is 486. The van der Waals surface area contributed by atoms with Gasteiger partial charge in [0.1, 0.15) is 17.4 Å². The van der Waals surface area contributed by atoms with E-state index in [1.165, 1.54) is 6.08 Å². The summed E-state index contributed by atoms with van der Waals surface area (Å²) in [6.45, 7) is 4.33. The Labute approximate surface area is 106 Å². The van der Waals surface area contributed by atoms with Gasteiger partial charge < -0.3 is 9.47 Å². The van der Waals surface area contributed by atoms with Gasteiger partial charge in [-0.3, -0.25) is 0 Å². The molecule has 0 N–H and O–H groups in total. The molecule has 0 heterocycles. The largest absolute Gasteiger partial charge is 0.493 e. The molecule has 4 heteroatoms. The van der Waals surface area contributed by atoms with Crippen LogP contribution in [0.3, 0.4) is 0 Å². The van der Waals surface area contributed by atoms with Crippen LogP contribution in [0.2, 0.25) is 0 Å². The maximum absolute atomic E-state index is 11.5. The first-order valence-corrected chi connectivity index (χ1v) is 5.73. The number of para-hydroxylation sites is 1. The highest BCUT2D eigenvalue weighted by atomic mass is 16.5. The van der Waals surface area contributed by atoms with Gasteiger partial charge in [0.15, 0.2) is 0 Å². The lowest BCUT2D eigenvalue weighted by Gasteiger charge is -2.07. The summed E-state index contributed by atoms with van der Waals surface area (Å²) < 4.78 is 10.2. The van der Waals surface area contributed by atoms with Crippen LogP contribution in [0, 0.1) is 11.3 Å². The molecule has 4 nitrogen and oxygen atoms in total. The molecule has 0 aliphatic heterocycles. The molecule has 94 valence electrons. The average molecular weight is 245 g/mol. The average Bonchev–Trinajstić information content (AvgIpc) is 2.38. The topological polar surface area (TPSA) is 59.3 Å². The first-order valence-electron chi connectivity index (χ1n) is 5.73. The first-order chi connectivity index (χ1) is 8.72. The van der Waals surface area contributed by atoms with Crippen LogP contribution < -0.4 is 4.74 Å². The van der Waals surface area contributed by atoms with E-state index in [0.29, 0.717) is 17.9 Å². The van der Waals surface area contributed by atoms with Crippen molar-refractivity contribution in [2.45, 2.75) is 13.8 Å². The van der Waals surface area contributed by atoms with Crippen molar-refractivity contribution in [2.75, 3.05) is 13.2 Å². The van der Waals surface area contributed by atoms with Crippen LogP contribution >= 0.6 is 0 Å². The fourth-order valence-electron chi connectivity index (χ4n) is 1.39. The van der Waals surface area contributed by atoms with Gasteiger partial charge in [0.2, 0.25) is 0 Å². The van der Waals surface area contributed by atoms with E-state index < -0.39 is 5.97 Å². The number of hydrogen-bond acceptors (Lipinski definition) is 4. The van der Waals surface area contributed by atoms with E-state index in [-0.39, 0.29) is 12.2 Å². The lowest BCUT2D eigenvalue weighted by Crippen LogP contribution is -2.06. The third kappa shape index (κ3) is 3.63. The molecule has 18 heavy (non-hydrogen) atoms. The van der Waals surface area contributed by atoms with Gasteiger partial charge in [-0.15, -0.1) is 0 Å². The molecule has 0 radical (unpaired) electrons. The van der Waals surface area contributed by atoms with Crippen molar-refractivity contribution in [3.8, 4) is 11.8 Å². The number of benzene rings is 1. The fraction of sp³-hybridized carbons (Fsp3) is 0.286. The number of carbonyl (C=O) groups excluding carboxylic acids is 1. The predicted molar refractivity (Wildman–Crippen MR) is 67.8 cm³/mol. The van der Waals surface area contributed by atoms with Gasteiger partial charge >= 0.3 is 5.97 Å². The Hall–Kier alpha value is -2.28. The summed E-state index contributed by atoms with van der Waals surface area (Å²) >= 11 is 0. The van der Waals surface area contributed by atoms with Gasteiger partial charge in [0.25, 0.3) is 0 Å². The molecule has 0 aliphatic carbocycles. The third-order valence-corrected chi connectivity index (χ3v) is 2.13. The molecule has 0 amide bonds. The van der Waals surface area contributed by atoms with E-state index in [9.17, 15) is 4.79 Å². The number of nitrogens with zero attached hydrogens (tertiary/aromatic N) is 1. The van der Waals surface area contributed by atoms with E-state index in [4.69, 9.17) is 14.7 Å². The van der Waals surface area contributed by atoms with Crippen molar-refractivity contribution >= 4 is 12.0 Å². The fourth-order valence-corrected chi connectivity index (χ4v) is 1.39. The van der Waals surface area contributed by atoms with Crippen molar-refractivity contribution < 1.29 is 14.3 Å². The molecule has 0 atom stereocenters. The predicted octanol–water partition coefficient (Wildman–Crippen LogP) is 2.56. The standard InChI is InChI=1S/C14H15NO3/c1-3-17-13-8-6-5-7-11(13)9-12(10-15)14(16)18-4-2/h5-9H,3-4H2,1-2H3. The monoisotopic (exact) mass is 245 g/mol. The van der Waals surface area contributed by atoms with Crippen molar-refractivity contribution in [1.82, 2.24) is 0 Å². The minimum atomic E-state index is -0.619. The van der Waals surface area contributed by atoms with E-state index in [2.05, 4.69) is 0 Å². The molecule has 0 aromatic heterocycles. The highest BCUT2D eigenvalue weighted by molar-refractivity contribution is 5.98. The van der Waals surface area contributed by atoms with E-state index in [0.717, 1.165) is 0 Å². The quantitative estimate of drug-likeness (QED) is 0.454. The van der Waals surface area contributed by atoms with Crippen molar-refractivity contribution in [3.05, 3.63) is 35.4 Å². The molecular weight excluding hydrogens is 230 g/mol. The minimum Gasteiger partial charge on any atom is -0.493 e. The molecule has 1 aromatic carbocycles. The maximum atomic E-state index is 11.5. The van der Waals surface area contributed by atoms with Gasteiger partial charge in [-0.2, -0.15) is 5.26 Å². The molecule has 0 saturated heterocycles. The second kappa shape index (κ2) is 7.13. The normalized spacial score (nSPS) is 10.6. The number of ether oxygens (including phenoxy) is 2. The molecule has 0 spiro atoms. The van der Waals surface area contributed by atoms with E-state index in [1.54, 1.807) is 19.1 Å². The lowest BCUT2D eigenvalue weighted by molar-refractivity contribution is -0.137. The van der Waals surface area contributed by atoms with Crippen LogP contribution in [0.25, 0.3) is 6.08 Å². The van der Waals surface area contributed by atoms with Crippen molar-refractivity contribution in [2.24, 2.45) is 0 Å². The van der Waals surface area contributed by atoms with Crippen molar-refractivity contribution in [3.63, 3.8) is 0 Å². The Morgan fingerprint density at radius 2 is 2.06 bits per heavy atom. The summed E-state index contributed by atoms with van der Waals surface area (Å²) in [5.41, 5.74) is 0.646. The Morgan fingerprint density at radius 3 is 2.67 bits per heavy atom. The van der Waals surface area contributed by atoms with E-state index >= 15 is 0 Å². The van der Waals surface area contributed by atoms with Gasteiger partial charge in [0, 0.05) is 5.56 Å². The van der Waals surface area contributed by atoms with E-state index in [1.807, 2.05) is 25.1 Å². The van der Waals surface area contributed by atoms with Gasteiger partial charge in [-0.05, 0) is 26.0 Å². The van der Waals surface area contributed by atoms with Gasteiger partial charge in [-0.25, -0.2) is 4.79 Å². The Kier molecular flexibility index (Phi) is 5.46. The van der Waals surface area contributed by atoms with Crippen LogP contribution in [0.1, 0.15) is 19.4 Å². The molecule has 1 rings (SSSR count). The van der Waals surface area contributed by atoms with Gasteiger partial charge in [-0.1, -0.05) is 18.2 Å². The molecule has 0 fully saturated rings.